The van der Waals surface area contributed by atoms with Gasteiger partial charge in [-0.15, -0.1) is 0 Å². The van der Waals surface area contributed by atoms with Crippen molar-refractivity contribution in [1.29, 1.82) is 0 Å². The summed E-state index contributed by atoms with van der Waals surface area (Å²) in [5.41, 5.74) is 3.90. The lowest BCUT2D eigenvalue weighted by Crippen LogP contribution is -2.47. The minimum Gasteiger partial charge on any atom is -0.425 e. The third kappa shape index (κ3) is 3.28. The second kappa shape index (κ2) is 5.95. The predicted octanol–water partition coefficient (Wildman–Crippen LogP) is 5.23. The molecule has 1 saturated carbocycles. The van der Waals surface area contributed by atoms with Crippen LogP contribution in [0.4, 0.5) is 5.69 Å². The molecule has 24 heavy (non-hydrogen) atoms. The summed E-state index contributed by atoms with van der Waals surface area (Å²) in [6, 6.07) is 8.59. The number of nitrogens with one attached hydrogen (secondary N) is 1. The summed E-state index contributed by atoms with van der Waals surface area (Å²) in [6.45, 7) is 15.9. The second-order valence-corrected chi connectivity index (χ2v) is 9.14. The van der Waals surface area contributed by atoms with E-state index < -0.39 is 0 Å². The number of para-hydroxylation sites is 1. The zero-order chi connectivity index (χ0) is 17.6. The van der Waals surface area contributed by atoms with E-state index in [4.69, 9.17) is 4.65 Å². The Morgan fingerprint density at radius 2 is 1.75 bits per heavy atom. The van der Waals surface area contributed by atoms with Crippen LogP contribution < -0.4 is 10.8 Å². The molecule has 0 spiro atoms. The fourth-order valence-corrected chi connectivity index (χ4v) is 3.52. The highest BCUT2D eigenvalue weighted by Gasteiger charge is 2.44. The first-order valence-corrected chi connectivity index (χ1v) is 9.38. The molecule has 0 atom stereocenters. The van der Waals surface area contributed by atoms with E-state index in [1.807, 2.05) is 0 Å². The van der Waals surface area contributed by atoms with Crippen LogP contribution in [0.5, 0.6) is 0 Å². The van der Waals surface area contributed by atoms with E-state index >= 15 is 0 Å². The van der Waals surface area contributed by atoms with Crippen LogP contribution >= 0.6 is 0 Å². The Balaban J connectivity index is 1.85. The molecule has 0 radical (unpaired) electrons. The molecule has 0 aromatic heterocycles. The van der Waals surface area contributed by atoms with E-state index in [2.05, 4.69) is 70.8 Å². The normalized spacial score (nSPS) is 24.1. The van der Waals surface area contributed by atoms with Crippen molar-refractivity contribution in [2.24, 2.45) is 10.8 Å². The minimum absolute atomic E-state index is 0.138. The molecule has 0 amide bonds. The number of benzene rings is 1. The highest BCUT2D eigenvalue weighted by molar-refractivity contribution is 6.69. The van der Waals surface area contributed by atoms with Crippen LogP contribution in [0.25, 0.3) is 0 Å². The Kier molecular flexibility index (Phi) is 4.36. The van der Waals surface area contributed by atoms with Crippen molar-refractivity contribution in [1.82, 2.24) is 0 Å². The van der Waals surface area contributed by atoms with Gasteiger partial charge in [-0.1, -0.05) is 52.0 Å². The standard InChI is InChI=1S/C21H32BNO/c1-16(21(6)13-14-21)23-18-11-8-7-10-17(18)22-15-9-12-19(2,3)20(4,5)24-22/h7-8,10-11,23H,1,9,12-15H2,2-6H3. The maximum atomic E-state index is 6.65. The van der Waals surface area contributed by atoms with Crippen molar-refractivity contribution in [3.63, 3.8) is 0 Å². The lowest BCUT2D eigenvalue weighted by Gasteiger charge is -2.41. The lowest BCUT2D eigenvalue weighted by molar-refractivity contribution is -0.00946. The third-order valence-corrected chi connectivity index (χ3v) is 6.66. The summed E-state index contributed by atoms with van der Waals surface area (Å²) in [5, 5.41) is 3.60. The van der Waals surface area contributed by atoms with Gasteiger partial charge in [0.15, 0.2) is 0 Å². The molecule has 0 unspecified atom stereocenters. The van der Waals surface area contributed by atoms with Gasteiger partial charge in [0.25, 0.3) is 0 Å². The van der Waals surface area contributed by atoms with E-state index in [0.29, 0.717) is 0 Å². The Bertz CT molecular complexity index is 630. The smallest absolute Gasteiger partial charge is 0.329 e. The SMILES string of the molecule is C=C(Nc1ccccc1B1CCCC(C)(C)C(C)(C)O1)C1(C)CC1. The molecule has 1 aliphatic heterocycles. The Labute approximate surface area is 148 Å². The first-order chi connectivity index (χ1) is 11.1. The van der Waals surface area contributed by atoms with E-state index in [0.717, 1.165) is 17.7 Å². The summed E-state index contributed by atoms with van der Waals surface area (Å²) in [4.78, 5) is 0. The molecule has 1 N–H and O–H groups in total. The number of rotatable bonds is 4. The summed E-state index contributed by atoms with van der Waals surface area (Å²) < 4.78 is 6.65. The average Bonchev–Trinajstić information content (AvgIpc) is 3.26. The number of anilines is 1. The molecule has 2 aliphatic rings. The quantitative estimate of drug-likeness (QED) is 0.766. The molecule has 1 aromatic rings. The molecule has 1 saturated heterocycles. The van der Waals surface area contributed by atoms with Gasteiger partial charge in [-0.2, -0.15) is 0 Å². The molecule has 1 heterocycles. The first kappa shape index (κ1) is 17.6. The van der Waals surface area contributed by atoms with Crippen molar-refractivity contribution in [3.8, 4) is 0 Å². The van der Waals surface area contributed by atoms with Gasteiger partial charge in [0, 0.05) is 16.8 Å². The summed E-state index contributed by atoms with van der Waals surface area (Å²) >= 11 is 0. The van der Waals surface area contributed by atoms with Gasteiger partial charge in [-0.25, -0.2) is 0 Å². The Morgan fingerprint density at radius 1 is 1.08 bits per heavy atom. The van der Waals surface area contributed by atoms with Crippen LogP contribution in [0, 0.1) is 10.8 Å². The number of hydrogen-bond donors (Lipinski definition) is 1. The van der Waals surface area contributed by atoms with Gasteiger partial charge in [0.2, 0.25) is 0 Å². The zero-order valence-corrected chi connectivity index (χ0v) is 16.0. The van der Waals surface area contributed by atoms with Gasteiger partial charge in [-0.3, -0.25) is 0 Å². The van der Waals surface area contributed by atoms with Gasteiger partial charge < -0.3 is 9.97 Å². The molecule has 0 bridgehead atoms. The topological polar surface area (TPSA) is 21.3 Å². The van der Waals surface area contributed by atoms with E-state index in [1.165, 1.54) is 31.1 Å². The molecule has 130 valence electrons. The van der Waals surface area contributed by atoms with Gasteiger partial charge in [-0.05, 0) is 56.4 Å². The maximum Gasteiger partial charge on any atom is 0.329 e. The predicted molar refractivity (Wildman–Crippen MR) is 105 cm³/mol. The fraction of sp³-hybridized carbons (Fsp3) is 0.619. The highest BCUT2D eigenvalue weighted by atomic mass is 16.5. The summed E-state index contributed by atoms with van der Waals surface area (Å²) in [5.74, 6) is 0. The summed E-state index contributed by atoms with van der Waals surface area (Å²) in [6.07, 6.45) is 5.96. The van der Waals surface area contributed by atoms with Crippen molar-refractivity contribution < 1.29 is 4.65 Å². The second-order valence-electron chi connectivity index (χ2n) is 9.14. The van der Waals surface area contributed by atoms with E-state index in [-0.39, 0.29) is 23.3 Å². The van der Waals surface area contributed by atoms with Crippen LogP contribution in [0.3, 0.4) is 0 Å². The van der Waals surface area contributed by atoms with Gasteiger partial charge >= 0.3 is 6.92 Å². The van der Waals surface area contributed by atoms with Crippen LogP contribution in [-0.4, -0.2) is 12.5 Å². The Hall–Kier alpha value is -1.22. The van der Waals surface area contributed by atoms with Crippen LogP contribution in [0.15, 0.2) is 36.5 Å². The Morgan fingerprint density at radius 3 is 2.42 bits per heavy atom. The van der Waals surface area contributed by atoms with Crippen molar-refractivity contribution in [2.75, 3.05) is 5.32 Å². The minimum atomic E-state index is -0.138. The molecular formula is C21H32BNO. The number of allylic oxidation sites excluding steroid dienone is 1. The largest absolute Gasteiger partial charge is 0.425 e. The molecule has 1 aliphatic carbocycles. The van der Waals surface area contributed by atoms with Crippen LogP contribution in [0.2, 0.25) is 6.32 Å². The third-order valence-electron chi connectivity index (χ3n) is 6.66. The van der Waals surface area contributed by atoms with Crippen molar-refractivity contribution in [2.45, 2.75) is 72.2 Å². The molecule has 2 fully saturated rings. The average molecular weight is 325 g/mol. The fourth-order valence-electron chi connectivity index (χ4n) is 3.52. The van der Waals surface area contributed by atoms with Crippen LogP contribution in [0.1, 0.15) is 60.3 Å². The molecule has 3 heteroatoms. The van der Waals surface area contributed by atoms with E-state index in [9.17, 15) is 0 Å². The van der Waals surface area contributed by atoms with Gasteiger partial charge in [0.05, 0.1) is 5.60 Å². The first-order valence-electron chi connectivity index (χ1n) is 9.38. The van der Waals surface area contributed by atoms with E-state index in [1.54, 1.807) is 0 Å². The van der Waals surface area contributed by atoms with Crippen molar-refractivity contribution >= 4 is 18.1 Å². The van der Waals surface area contributed by atoms with Crippen LogP contribution in [-0.2, 0) is 4.65 Å². The summed E-state index contributed by atoms with van der Waals surface area (Å²) in [7, 11) is 0. The van der Waals surface area contributed by atoms with Crippen molar-refractivity contribution in [3.05, 3.63) is 36.5 Å². The molecule has 2 nitrogen and oxygen atoms in total. The lowest BCUT2D eigenvalue weighted by atomic mass is 9.56. The zero-order valence-electron chi connectivity index (χ0n) is 16.0. The maximum absolute atomic E-state index is 6.65. The molecular weight excluding hydrogens is 293 g/mol. The highest BCUT2D eigenvalue weighted by Crippen LogP contribution is 2.50. The van der Waals surface area contributed by atoms with Gasteiger partial charge in [0.1, 0.15) is 0 Å². The monoisotopic (exact) mass is 325 g/mol. The molecule has 1 aromatic carbocycles. The number of hydrogen-bond acceptors (Lipinski definition) is 2. The molecule has 3 rings (SSSR count).